The summed E-state index contributed by atoms with van der Waals surface area (Å²) in [6.07, 6.45) is 0.875. The molecule has 0 N–H and O–H groups in total. The van der Waals surface area contributed by atoms with Crippen LogP contribution in [0.2, 0.25) is 0 Å². The van der Waals surface area contributed by atoms with Crippen LogP contribution in [0.4, 0.5) is 0 Å². The van der Waals surface area contributed by atoms with Crippen molar-refractivity contribution < 1.29 is 4.84 Å². The second-order valence-electron chi connectivity index (χ2n) is 6.33. The zero-order valence-corrected chi connectivity index (χ0v) is 16.1. The molecule has 1 heterocycles. The third kappa shape index (κ3) is 3.23. The van der Waals surface area contributed by atoms with Gasteiger partial charge in [0.2, 0.25) is 0 Å². The molecule has 3 rings (SSSR count). The maximum Gasteiger partial charge on any atom is 0.129 e. The minimum Gasteiger partial charge on any atom is -0.394 e. The first-order chi connectivity index (χ1) is 11.0. The van der Waals surface area contributed by atoms with E-state index in [0.717, 1.165) is 23.1 Å². The lowest BCUT2D eigenvalue weighted by molar-refractivity contribution is 0.125. The first-order valence-electron chi connectivity index (χ1n) is 7.69. The highest BCUT2D eigenvalue weighted by molar-refractivity contribution is 9.10. The largest absolute Gasteiger partial charge is 0.394 e. The summed E-state index contributed by atoms with van der Waals surface area (Å²) in [4.78, 5) is 8.91. The Kier molecular flexibility index (Phi) is 4.90. The molecule has 23 heavy (non-hydrogen) atoms. The van der Waals surface area contributed by atoms with E-state index in [-0.39, 0.29) is 5.41 Å². The quantitative estimate of drug-likeness (QED) is 0.552. The van der Waals surface area contributed by atoms with Crippen LogP contribution in [-0.4, -0.2) is 37.9 Å². The van der Waals surface area contributed by atoms with E-state index in [0.29, 0.717) is 6.61 Å². The Morgan fingerprint density at radius 3 is 2.78 bits per heavy atom. The van der Waals surface area contributed by atoms with Gasteiger partial charge in [-0.3, -0.25) is 0 Å². The summed E-state index contributed by atoms with van der Waals surface area (Å²) in [5.74, 6) is 0. The molecule has 0 bridgehead atoms. The van der Waals surface area contributed by atoms with Gasteiger partial charge in [-0.05, 0) is 42.7 Å². The summed E-state index contributed by atoms with van der Waals surface area (Å²) in [6, 6.07) is 10.7. The molecular weight excluding hydrogens is 372 g/mol. The minimum absolute atomic E-state index is 0.0564. The Balaban J connectivity index is 1.89. The van der Waals surface area contributed by atoms with Crippen LogP contribution in [0.25, 0.3) is 0 Å². The van der Waals surface area contributed by atoms with Gasteiger partial charge >= 0.3 is 0 Å². The molecule has 1 aliphatic carbocycles. The number of benzene rings is 1. The van der Waals surface area contributed by atoms with Gasteiger partial charge in [0.15, 0.2) is 0 Å². The van der Waals surface area contributed by atoms with Crippen LogP contribution in [-0.2, 0) is 10.3 Å². The molecule has 122 valence electrons. The fourth-order valence-corrected chi connectivity index (χ4v) is 4.78. The van der Waals surface area contributed by atoms with Gasteiger partial charge in [-0.2, -0.15) is 0 Å². The van der Waals surface area contributed by atoms with Crippen molar-refractivity contribution in [1.29, 1.82) is 0 Å². The lowest BCUT2D eigenvalue weighted by Gasteiger charge is -2.26. The second kappa shape index (κ2) is 6.75. The third-order valence-electron chi connectivity index (χ3n) is 4.32. The lowest BCUT2D eigenvalue weighted by atomic mass is 9.78. The monoisotopic (exact) mass is 392 g/mol. The molecule has 1 aliphatic rings. The van der Waals surface area contributed by atoms with Gasteiger partial charge < -0.3 is 9.74 Å². The number of thiophene rings is 1. The van der Waals surface area contributed by atoms with Gasteiger partial charge in [0, 0.05) is 22.9 Å². The maximum absolute atomic E-state index is 5.56. The van der Waals surface area contributed by atoms with Crippen LogP contribution < -0.4 is 0 Å². The number of halogens is 1. The topological polar surface area (TPSA) is 24.8 Å². The van der Waals surface area contributed by atoms with E-state index in [1.165, 1.54) is 16.0 Å². The molecule has 0 fully saturated rings. The maximum atomic E-state index is 5.56. The van der Waals surface area contributed by atoms with Crippen molar-refractivity contribution in [3.05, 3.63) is 56.2 Å². The summed E-state index contributed by atoms with van der Waals surface area (Å²) in [6.45, 7) is 3.78. The lowest BCUT2D eigenvalue weighted by Crippen LogP contribution is -2.21. The number of oxime groups is 1. The highest BCUT2D eigenvalue weighted by Gasteiger charge is 2.42. The highest BCUT2D eigenvalue weighted by atomic mass is 79.9. The van der Waals surface area contributed by atoms with Crippen molar-refractivity contribution in [2.75, 3.05) is 27.2 Å². The predicted molar refractivity (Wildman–Crippen MR) is 101 cm³/mol. The van der Waals surface area contributed by atoms with Crippen molar-refractivity contribution in [3.8, 4) is 0 Å². The summed E-state index contributed by atoms with van der Waals surface area (Å²) in [7, 11) is 4.07. The Hall–Kier alpha value is -1.17. The van der Waals surface area contributed by atoms with Gasteiger partial charge in [-0.1, -0.05) is 46.2 Å². The van der Waals surface area contributed by atoms with E-state index >= 15 is 0 Å². The molecule has 3 nitrogen and oxygen atoms in total. The summed E-state index contributed by atoms with van der Waals surface area (Å²) < 4.78 is 1.15. The predicted octanol–water partition coefficient (Wildman–Crippen LogP) is 4.50. The Morgan fingerprint density at radius 2 is 2.04 bits per heavy atom. The van der Waals surface area contributed by atoms with Gasteiger partial charge in [-0.25, -0.2) is 0 Å². The first-order valence-corrected chi connectivity index (χ1v) is 9.36. The molecule has 2 aromatic rings. The van der Waals surface area contributed by atoms with Crippen molar-refractivity contribution in [1.82, 2.24) is 4.90 Å². The van der Waals surface area contributed by atoms with Crippen molar-refractivity contribution in [2.24, 2.45) is 5.16 Å². The van der Waals surface area contributed by atoms with Gasteiger partial charge in [-0.15, -0.1) is 11.3 Å². The standard InChI is InChI=1S/C18H21BrN2OS/c1-18(13-6-4-5-7-15(13)19)12-16(17-14(18)8-11-23-17)20-22-10-9-21(2)3/h4-8,11H,9-10,12H2,1-3H3/b20-16+. The van der Waals surface area contributed by atoms with E-state index in [1.54, 1.807) is 11.3 Å². The number of rotatable bonds is 5. The highest BCUT2D eigenvalue weighted by Crippen LogP contribution is 2.48. The Bertz CT molecular complexity index is 725. The van der Waals surface area contributed by atoms with Gasteiger partial charge in [0.05, 0.1) is 10.6 Å². The molecule has 5 heteroatoms. The summed E-state index contributed by atoms with van der Waals surface area (Å²) in [5, 5.41) is 6.59. The van der Waals surface area contributed by atoms with Crippen LogP contribution in [0, 0.1) is 0 Å². The van der Waals surface area contributed by atoms with E-state index in [2.05, 4.69) is 68.6 Å². The van der Waals surface area contributed by atoms with Gasteiger partial charge in [0.1, 0.15) is 6.61 Å². The van der Waals surface area contributed by atoms with Crippen molar-refractivity contribution >= 4 is 33.0 Å². The van der Waals surface area contributed by atoms with Crippen LogP contribution in [0.3, 0.4) is 0 Å². The number of hydrogen-bond donors (Lipinski definition) is 0. The molecule has 0 aliphatic heterocycles. The molecule has 0 saturated carbocycles. The smallest absolute Gasteiger partial charge is 0.129 e. The molecule has 0 radical (unpaired) electrons. The molecule has 1 unspecified atom stereocenters. The number of likely N-dealkylation sites (N-methyl/N-ethyl adjacent to an activating group) is 1. The molecule has 0 spiro atoms. The second-order valence-corrected chi connectivity index (χ2v) is 8.10. The van der Waals surface area contributed by atoms with Crippen LogP contribution in [0.1, 0.15) is 29.3 Å². The first kappa shape index (κ1) is 16.7. The van der Waals surface area contributed by atoms with Crippen molar-refractivity contribution in [3.63, 3.8) is 0 Å². The fraction of sp³-hybridized carbons (Fsp3) is 0.389. The Morgan fingerprint density at radius 1 is 1.26 bits per heavy atom. The average molecular weight is 393 g/mol. The summed E-state index contributed by atoms with van der Waals surface area (Å²) in [5.41, 5.74) is 3.66. The van der Waals surface area contributed by atoms with E-state index < -0.39 is 0 Å². The molecule has 1 aromatic carbocycles. The molecule has 1 aromatic heterocycles. The van der Waals surface area contributed by atoms with E-state index in [4.69, 9.17) is 4.84 Å². The number of fused-ring (bicyclic) bond motifs is 1. The normalized spacial score (nSPS) is 21.9. The van der Waals surface area contributed by atoms with Crippen molar-refractivity contribution in [2.45, 2.75) is 18.8 Å². The SMILES string of the molecule is CN(C)CCO/N=C1\CC(C)(c2ccccc2Br)c2ccsc21. The molecule has 0 saturated heterocycles. The zero-order valence-electron chi connectivity index (χ0n) is 13.7. The zero-order chi connectivity index (χ0) is 16.4. The third-order valence-corrected chi connectivity index (χ3v) is 5.97. The van der Waals surface area contributed by atoms with Gasteiger partial charge in [0.25, 0.3) is 0 Å². The van der Waals surface area contributed by atoms with Crippen LogP contribution >= 0.6 is 27.3 Å². The van der Waals surface area contributed by atoms with Crippen LogP contribution in [0.5, 0.6) is 0 Å². The van der Waals surface area contributed by atoms with E-state index in [9.17, 15) is 0 Å². The Labute approximate surface area is 150 Å². The molecule has 1 atom stereocenters. The summed E-state index contributed by atoms with van der Waals surface area (Å²) >= 11 is 5.46. The van der Waals surface area contributed by atoms with Crippen LogP contribution in [0.15, 0.2) is 45.3 Å². The average Bonchev–Trinajstić information content (AvgIpc) is 3.08. The van der Waals surface area contributed by atoms with E-state index in [1.807, 2.05) is 14.1 Å². The fourth-order valence-electron chi connectivity index (χ4n) is 3.05. The number of nitrogens with zero attached hydrogens (tertiary/aromatic N) is 2. The number of hydrogen-bond acceptors (Lipinski definition) is 4. The molecular formula is C18H21BrN2OS. The minimum atomic E-state index is -0.0564. The molecule has 0 amide bonds.